The topological polar surface area (TPSA) is 127 Å². The highest BCUT2D eigenvalue weighted by atomic mass is 32.2. The zero-order valence-electron chi connectivity index (χ0n) is 9.70. The first kappa shape index (κ1) is 15.3. The first-order chi connectivity index (χ1) is 8.80. The first-order valence-corrected chi connectivity index (χ1v) is 7.66. The minimum Gasteiger partial charge on any atom is -0.480 e. The van der Waals surface area contributed by atoms with Crippen molar-refractivity contribution >= 4 is 39.3 Å². The Morgan fingerprint density at radius 3 is 2.53 bits per heavy atom. The van der Waals surface area contributed by atoms with Crippen molar-refractivity contribution in [3.63, 3.8) is 0 Å². The molecule has 0 aromatic heterocycles. The smallest absolute Gasteiger partial charge is 0.320 e. The fraction of sp³-hybridized carbons (Fsp3) is 0.200. The molecule has 0 fully saturated rings. The predicted molar refractivity (Wildman–Crippen MR) is 71.4 cm³/mol. The van der Waals surface area contributed by atoms with Gasteiger partial charge in [-0.1, -0.05) is 12.1 Å². The van der Waals surface area contributed by atoms with Crippen LogP contribution in [0.3, 0.4) is 0 Å². The number of nitrogens with two attached hydrogens (primary N) is 1. The Bertz CT molecular complexity index is 585. The lowest BCUT2D eigenvalue weighted by Gasteiger charge is -2.10. The van der Waals surface area contributed by atoms with Crippen LogP contribution in [0.1, 0.15) is 0 Å². The number of primary amides is 1. The van der Waals surface area contributed by atoms with E-state index in [1.165, 1.54) is 6.07 Å². The maximum absolute atomic E-state index is 11.5. The number of benzene rings is 1. The Labute approximate surface area is 114 Å². The summed E-state index contributed by atoms with van der Waals surface area (Å²) in [4.78, 5) is 21.6. The molecule has 0 aliphatic rings. The van der Waals surface area contributed by atoms with Gasteiger partial charge in [0.15, 0.2) is 5.75 Å². The van der Waals surface area contributed by atoms with Gasteiger partial charge < -0.3 is 10.8 Å². The number of anilines is 1. The van der Waals surface area contributed by atoms with Crippen molar-refractivity contribution in [1.82, 2.24) is 0 Å². The van der Waals surface area contributed by atoms with Crippen LogP contribution < -0.4 is 10.5 Å². The molecule has 19 heavy (non-hydrogen) atoms. The monoisotopic (exact) mass is 304 g/mol. The van der Waals surface area contributed by atoms with Gasteiger partial charge in [0.05, 0.1) is 11.4 Å². The minimum atomic E-state index is -3.97. The number of nitrogens with one attached hydrogen (secondary N) is 1. The van der Waals surface area contributed by atoms with E-state index in [2.05, 4.69) is 4.72 Å². The number of carboxylic acids is 1. The molecule has 0 heterocycles. The molecular formula is C10H12N2O5S2. The molecule has 104 valence electrons. The zero-order chi connectivity index (χ0) is 14.5. The van der Waals surface area contributed by atoms with E-state index in [9.17, 15) is 18.0 Å². The number of carbonyl (C=O) groups is 2. The first-order valence-electron chi connectivity index (χ1n) is 5.02. The lowest BCUT2D eigenvalue weighted by atomic mass is 10.3. The lowest BCUT2D eigenvalue weighted by molar-refractivity contribution is -0.134. The normalized spacial score (nSPS) is 10.9. The number of sulfonamides is 1. The Balaban J connectivity index is 2.89. The fourth-order valence-corrected chi connectivity index (χ4v) is 2.91. The van der Waals surface area contributed by atoms with Crippen molar-refractivity contribution < 1.29 is 23.1 Å². The molecule has 0 aliphatic heterocycles. The van der Waals surface area contributed by atoms with E-state index in [0.717, 1.165) is 11.8 Å². The molecular weight excluding hydrogens is 292 g/mol. The highest BCUT2D eigenvalue weighted by Gasteiger charge is 2.17. The van der Waals surface area contributed by atoms with Gasteiger partial charge in [-0.05, 0) is 12.1 Å². The van der Waals surface area contributed by atoms with Gasteiger partial charge in [-0.3, -0.25) is 14.3 Å². The summed E-state index contributed by atoms with van der Waals surface area (Å²) in [6.07, 6.45) is 0. The Kier molecular flexibility index (Phi) is 5.19. The summed E-state index contributed by atoms with van der Waals surface area (Å²) in [6, 6.07) is 6.33. The van der Waals surface area contributed by atoms with Crippen molar-refractivity contribution in [2.24, 2.45) is 5.73 Å². The summed E-state index contributed by atoms with van der Waals surface area (Å²) < 4.78 is 25.2. The van der Waals surface area contributed by atoms with Crippen LogP contribution in [-0.2, 0) is 19.6 Å². The van der Waals surface area contributed by atoms with Crippen molar-refractivity contribution in [2.45, 2.75) is 4.90 Å². The number of para-hydroxylation sites is 1. The number of aliphatic carboxylic acids is 1. The van der Waals surface area contributed by atoms with Crippen LogP contribution in [0.2, 0.25) is 0 Å². The maximum atomic E-state index is 11.5. The van der Waals surface area contributed by atoms with Crippen LogP contribution in [0.5, 0.6) is 0 Å². The average molecular weight is 304 g/mol. The molecule has 9 heteroatoms. The molecule has 1 aromatic carbocycles. The van der Waals surface area contributed by atoms with E-state index in [1.807, 2.05) is 0 Å². The van der Waals surface area contributed by atoms with E-state index < -0.39 is 27.7 Å². The second-order valence-corrected chi connectivity index (χ2v) is 6.25. The number of rotatable bonds is 7. The summed E-state index contributed by atoms with van der Waals surface area (Å²) in [5.74, 6) is -3.01. The number of carboxylic acid groups (broad SMARTS) is 1. The van der Waals surface area contributed by atoms with E-state index in [1.54, 1.807) is 18.2 Å². The molecule has 0 atom stereocenters. The molecule has 0 bridgehead atoms. The molecule has 7 nitrogen and oxygen atoms in total. The third-order valence-electron chi connectivity index (χ3n) is 1.84. The van der Waals surface area contributed by atoms with E-state index in [0.29, 0.717) is 4.90 Å². The molecule has 1 amide bonds. The standard InChI is InChI=1S/C10H12N2O5S2/c11-9(13)5-18-8-4-2-1-3-7(8)12-19(16,17)6-10(14)15/h1-4,12H,5-6H2,(H2,11,13)(H,14,15). The predicted octanol–water partition coefficient (Wildman–Crippen LogP) is 0.0903. The highest BCUT2D eigenvalue weighted by Crippen LogP contribution is 2.27. The van der Waals surface area contributed by atoms with Gasteiger partial charge in [0, 0.05) is 4.90 Å². The molecule has 0 saturated heterocycles. The van der Waals surface area contributed by atoms with E-state index in [4.69, 9.17) is 10.8 Å². The van der Waals surface area contributed by atoms with Gasteiger partial charge in [-0.15, -0.1) is 11.8 Å². The summed E-state index contributed by atoms with van der Waals surface area (Å²) in [5, 5.41) is 8.49. The van der Waals surface area contributed by atoms with E-state index >= 15 is 0 Å². The van der Waals surface area contributed by atoms with Crippen LogP contribution in [0.4, 0.5) is 5.69 Å². The molecule has 0 unspecified atom stereocenters. The molecule has 0 saturated carbocycles. The second kappa shape index (κ2) is 6.43. The summed E-state index contributed by atoms with van der Waals surface area (Å²) in [5.41, 5.74) is 5.22. The van der Waals surface area contributed by atoms with Crippen molar-refractivity contribution in [3.05, 3.63) is 24.3 Å². The lowest BCUT2D eigenvalue weighted by Crippen LogP contribution is -2.22. The molecule has 0 radical (unpaired) electrons. The average Bonchev–Trinajstić information content (AvgIpc) is 2.25. The van der Waals surface area contributed by atoms with Gasteiger partial charge in [0.25, 0.3) is 0 Å². The number of hydrogen-bond acceptors (Lipinski definition) is 5. The van der Waals surface area contributed by atoms with Gasteiger partial charge in [-0.25, -0.2) is 8.42 Å². The third-order valence-corrected chi connectivity index (χ3v) is 4.09. The van der Waals surface area contributed by atoms with Gasteiger partial charge >= 0.3 is 5.97 Å². The molecule has 1 rings (SSSR count). The van der Waals surface area contributed by atoms with Crippen LogP contribution in [0.25, 0.3) is 0 Å². The molecule has 0 spiro atoms. The third kappa shape index (κ3) is 5.62. The Morgan fingerprint density at radius 1 is 1.32 bits per heavy atom. The van der Waals surface area contributed by atoms with Crippen molar-refractivity contribution in [3.8, 4) is 0 Å². The number of carbonyl (C=O) groups excluding carboxylic acids is 1. The van der Waals surface area contributed by atoms with Gasteiger partial charge in [0.1, 0.15) is 0 Å². The van der Waals surface area contributed by atoms with Crippen molar-refractivity contribution in [1.29, 1.82) is 0 Å². The number of hydrogen-bond donors (Lipinski definition) is 3. The fourth-order valence-electron chi connectivity index (χ4n) is 1.19. The Hall–Kier alpha value is -1.74. The second-order valence-electron chi connectivity index (χ2n) is 3.51. The highest BCUT2D eigenvalue weighted by molar-refractivity contribution is 8.00. The van der Waals surface area contributed by atoms with Crippen molar-refractivity contribution in [2.75, 3.05) is 16.2 Å². The Morgan fingerprint density at radius 2 is 1.95 bits per heavy atom. The molecule has 4 N–H and O–H groups in total. The van der Waals surface area contributed by atoms with Crippen LogP contribution in [-0.4, -0.2) is 36.9 Å². The van der Waals surface area contributed by atoms with Crippen LogP contribution in [0.15, 0.2) is 29.2 Å². The zero-order valence-corrected chi connectivity index (χ0v) is 11.3. The van der Waals surface area contributed by atoms with E-state index in [-0.39, 0.29) is 11.4 Å². The largest absolute Gasteiger partial charge is 0.480 e. The molecule has 0 aliphatic carbocycles. The number of thioether (sulfide) groups is 1. The summed E-state index contributed by atoms with van der Waals surface area (Å²) >= 11 is 1.07. The minimum absolute atomic E-state index is 0.00231. The number of amides is 1. The van der Waals surface area contributed by atoms with Crippen LogP contribution in [0, 0.1) is 0 Å². The molecule has 1 aromatic rings. The van der Waals surface area contributed by atoms with Gasteiger partial charge in [-0.2, -0.15) is 0 Å². The summed E-state index contributed by atoms with van der Waals surface area (Å²) in [6.45, 7) is 0. The van der Waals surface area contributed by atoms with Crippen LogP contribution >= 0.6 is 11.8 Å². The maximum Gasteiger partial charge on any atom is 0.320 e. The summed E-state index contributed by atoms with van der Waals surface area (Å²) in [7, 11) is -3.97. The van der Waals surface area contributed by atoms with Gasteiger partial charge in [0.2, 0.25) is 15.9 Å². The quantitative estimate of drug-likeness (QED) is 0.613. The SMILES string of the molecule is NC(=O)CSc1ccccc1NS(=O)(=O)CC(=O)O.